The zero-order valence-electron chi connectivity index (χ0n) is 16.5. The van der Waals surface area contributed by atoms with E-state index in [1.165, 1.54) is 11.1 Å². The predicted molar refractivity (Wildman–Crippen MR) is 110 cm³/mol. The van der Waals surface area contributed by atoms with Crippen LogP contribution in [0.5, 0.6) is 0 Å². The average Bonchev–Trinajstić information content (AvgIpc) is 2.67. The Kier molecular flexibility index (Phi) is 5.59. The van der Waals surface area contributed by atoms with Crippen LogP contribution in [0.15, 0.2) is 52.6 Å². The summed E-state index contributed by atoms with van der Waals surface area (Å²) in [6, 6.07) is 10.6. The molecule has 27 heavy (non-hydrogen) atoms. The van der Waals surface area contributed by atoms with Gasteiger partial charge in [-0.3, -0.25) is 15.0 Å². The van der Waals surface area contributed by atoms with Gasteiger partial charge in [-0.25, -0.2) is 0 Å². The first-order valence-corrected chi connectivity index (χ1v) is 9.03. The fourth-order valence-electron chi connectivity index (χ4n) is 3.07. The van der Waals surface area contributed by atoms with Gasteiger partial charge in [0, 0.05) is 38.9 Å². The van der Waals surface area contributed by atoms with Crippen LogP contribution in [0.2, 0.25) is 0 Å². The molecule has 1 aliphatic heterocycles. The molecule has 7 nitrogen and oxygen atoms in total. The van der Waals surface area contributed by atoms with E-state index in [4.69, 9.17) is 4.98 Å². The lowest BCUT2D eigenvalue weighted by Gasteiger charge is -2.30. The number of fused-ring (bicyclic) bond motifs is 1. The monoisotopic (exact) mass is 365 g/mol. The zero-order chi connectivity index (χ0) is 19.4. The number of nitrogens with one attached hydrogen (secondary N) is 2. The van der Waals surface area contributed by atoms with Crippen molar-refractivity contribution in [3.05, 3.63) is 59.2 Å². The van der Waals surface area contributed by atoms with Crippen molar-refractivity contribution in [3.63, 3.8) is 0 Å². The number of hydrogen-bond donors (Lipinski definition) is 2. The summed E-state index contributed by atoms with van der Waals surface area (Å²) in [4.78, 5) is 16.1. The van der Waals surface area contributed by atoms with Gasteiger partial charge in [0.15, 0.2) is 0 Å². The van der Waals surface area contributed by atoms with Crippen LogP contribution in [0.25, 0.3) is 0 Å². The third-order valence-corrected chi connectivity index (χ3v) is 4.52. The number of anilines is 1. The third kappa shape index (κ3) is 4.36. The summed E-state index contributed by atoms with van der Waals surface area (Å²) in [6.45, 7) is 9.33. The van der Waals surface area contributed by atoms with E-state index in [-0.39, 0.29) is 0 Å². The molecule has 0 fully saturated rings. The smallest absolute Gasteiger partial charge is 0.234 e. The highest BCUT2D eigenvalue weighted by Crippen LogP contribution is 2.23. The lowest BCUT2D eigenvalue weighted by atomic mass is 10.00. The summed E-state index contributed by atoms with van der Waals surface area (Å²) in [7, 11) is 3.70. The summed E-state index contributed by atoms with van der Waals surface area (Å²) in [5, 5.41) is 0. The molecule has 0 aliphatic carbocycles. The third-order valence-electron chi connectivity index (χ3n) is 4.52. The van der Waals surface area contributed by atoms with Crippen LogP contribution in [-0.2, 0) is 20.0 Å². The van der Waals surface area contributed by atoms with Gasteiger partial charge in [0.05, 0.1) is 0 Å². The number of nitrogens with zero attached hydrogens (tertiary/aromatic N) is 5. The molecule has 142 valence electrons. The van der Waals surface area contributed by atoms with Crippen LogP contribution in [0.3, 0.4) is 0 Å². The van der Waals surface area contributed by atoms with E-state index in [1.54, 1.807) is 7.05 Å². The summed E-state index contributed by atoms with van der Waals surface area (Å²) in [5.74, 6) is 2.19. The Hall–Kier alpha value is -3.09. The van der Waals surface area contributed by atoms with Crippen molar-refractivity contribution in [1.82, 2.24) is 20.4 Å². The Morgan fingerprint density at radius 2 is 1.93 bits per heavy atom. The summed E-state index contributed by atoms with van der Waals surface area (Å²) >= 11 is 0. The molecular formula is C20H27N7. The van der Waals surface area contributed by atoms with Crippen molar-refractivity contribution in [3.8, 4) is 0 Å². The Labute approximate surface area is 160 Å². The molecule has 3 rings (SSSR count). The lowest BCUT2D eigenvalue weighted by Crippen LogP contribution is -2.35. The molecule has 0 atom stereocenters. The van der Waals surface area contributed by atoms with Crippen LogP contribution in [0.1, 0.15) is 25.0 Å². The van der Waals surface area contributed by atoms with E-state index in [9.17, 15) is 0 Å². The van der Waals surface area contributed by atoms with Crippen molar-refractivity contribution in [1.29, 1.82) is 0 Å². The van der Waals surface area contributed by atoms with Gasteiger partial charge in [0.25, 0.3) is 0 Å². The van der Waals surface area contributed by atoms with Crippen LogP contribution >= 0.6 is 0 Å². The van der Waals surface area contributed by atoms with Gasteiger partial charge in [-0.1, -0.05) is 30.8 Å². The predicted octanol–water partition coefficient (Wildman–Crippen LogP) is 2.19. The molecule has 1 aromatic carbocycles. The van der Waals surface area contributed by atoms with E-state index in [0.717, 1.165) is 36.5 Å². The number of hydrazine groups is 1. The first-order chi connectivity index (χ1) is 13.0. The SMILES string of the molecule is C=C(C)NN/C(C)=N/c1nc(N2CCc3ccccc3C2)cc(=NC)n1C. The minimum atomic E-state index is 0.598. The van der Waals surface area contributed by atoms with Crippen molar-refractivity contribution < 1.29 is 0 Å². The van der Waals surface area contributed by atoms with E-state index in [0.29, 0.717) is 11.8 Å². The molecule has 2 aromatic rings. The van der Waals surface area contributed by atoms with Crippen LogP contribution in [0.4, 0.5) is 11.8 Å². The lowest BCUT2D eigenvalue weighted by molar-refractivity contribution is 0.705. The second-order valence-corrected chi connectivity index (χ2v) is 6.72. The zero-order valence-corrected chi connectivity index (χ0v) is 16.5. The highest BCUT2D eigenvalue weighted by molar-refractivity contribution is 5.81. The molecule has 0 saturated heterocycles. The number of hydrogen-bond acceptors (Lipinski definition) is 5. The van der Waals surface area contributed by atoms with Gasteiger partial charge in [0.1, 0.15) is 17.1 Å². The maximum Gasteiger partial charge on any atom is 0.234 e. The molecule has 1 aromatic heterocycles. The Morgan fingerprint density at radius 1 is 1.19 bits per heavy atom. The molecule has 1 aliphatic rings. The fraction of sp³-hybridized carbons (Fsp3) is 0.350. The molecule has 7 heteroatoms. The molecule has 0 amide bonds. The fourth-order valence-corrected chi connectivity index (χ4v) is 3.07. The Bertz CT molecular complexity index is 940. The molecule has 0 saturated carbocycles. The first-order valence-electron chi connectivity index (χ1n) is 9.03. The van der Waals surface area contributed by atoms with Crippen molar-refractivity contribution in [2.45, 2.75) is 26.8 Å². The average molecular weight is 365 g/mol. The highest BCUT2D eigenvalue weighted by atomic mass is 15.4. The topological polar surface area (TPSA) is 69.8 Å². The van der Waals surface area contributed by atoms with E-state index in [2.05, 4.69) is 56.6 Å². The van der Waals surface area contributed by atoms with E-state index < -0.39 is 0 Å². The number of aromatic nitrogens is 2. The van der Waals surface area contributed by atoms with Gasteiger partial charge < -0.3 is 10.3 Å². The van der Waals surface area contributed by atoms with Gasteiger partial charge in [0.2, 0.25) is 5.95 Å². The Morgan fingerprint density at radius 3 is 2.63 bits per heavy atom. The molecule has 0 spiro atoms. The normalized spacial score (nSPS) is 14.7. The molecule has 0 unspecified atom stereocenters. The molecule has 0 radical (unpaired) electrons. The van der Waals surface area contributed by atoms with E-state index >= 15 is 0 Å². The quantitative estimate of drug-likeness (QED) is 0.495. The molecule has 2 heterocycles. The van der Waals surface area contributed by atoms with Crippen molar-refractivity contribution in [2.24, 2.45) is 17.0 Å². The van der Waals surface area contributed by atoms with E-state index in [1.807, 2.05) is 31.5 Å². The largest absolute Gasteiger partial charge is 0.352 e. The summed E-state index contributed by atoms with van der Waals surface area (Å²) < 4.78 is 1.88. The van der Waals surface area contributed by atoms with Gasteiger partial charge in [-0.15, -0.1) is 0 Å². The summed E-state index contributed by atoms with van der Waals surface area (Å²) in [6.07, 6.45) is 1.01. The van der Waals surface area contributed by atoms with Gasteiger partial charge in [-0.05, 0) is 31.4 Å². The minimum Gasteiger partial charge on any atom is -0.352 e. The van der Waals surface area contributed by atoms with Crippen LogP contribution in [0, 0.1) is 0 Å². The highest BCUT2D eigenvalue weighted by Gasteiger charge is 2.18. The van der Waals surface area contributed by atoms with Crippen LogP contribution in [-0.4, -0.2) is 29.0 Å². The number of amidine groups is 1. The molecular weight excluding hydrogens is 338 g/mol. The number of allylic oxidation sites excluding steroid dienone is 1. The van der Waals surface area contributed by atoms with Gasteiger partial charge in [-0.2, -0.15) is 9.98 Å². The second-order valence-electron chi connectivity index (χ2n) is 6.72. The van der Waals surface area contributed by atoms with Crippen LogP contribution < -0.4 is 21.2 Å². The van der Waals surface area contributed by atoms with Gasteiger partial charge >= 0.3 is 0 Å². The standard InChI is InChI=1S/C20H27N7/c1-14(2)24-25-15(3)22-20-23-19(12-18(21-4)26(20)5)27-11-10-16-8-6-7-9-17(16)13-27/h6-9,12,24H,1,10-11,13H2,2-5H3,(H,22,23,25). The number of benzene rings is 1. The maximum absolute atomic E-state index is 4.80. The number of aliphatic imine (C=N–C) groups is 1. The van der Waals surface area contributed by atoms with Crippen molar-refractivity contribution >= 4 is 17.6 Å². The first kappa shape index (κ1) is 18.7. The maximum atomic E-state index is 4.80. The minimum absolute atomic E-state index is 0.598. The second kappa shape index (κ2) is 8.07. The summed E-state index contributed by atoms with van der Waals surface area (Å²) in [5.41, 5.74) is 10.4. The molecule has 0 bridgehead atoms. The number of rotatable bonds is 4. The van der Waals surface area contributed by atoms with Crippen molar-refractivity contribution in [2.75, 3.05) is 18.5 Å². The Balaban J connectivity index is 1.93. The molecule has 2 N–H and O–H groups in total.